The molecule has 0 spiro atoms. The number of carbonyl (C=O) groups is 1. The summed E-state index contributed by atoms with van der Waals surface area (Å²) in [6.45, 7) is 0.456. The molecule has 5 nitrogen and oxygen atoms in total. The highest BCUT2D eigenvalue weighted by atomic mass is 16.2. The summed E-state index contributed by atoms with van der Waals surface area (Å²) >= 11 is 0. The third-order valence-corrected chi connectivity index (χ3v) is 2.36. The Labute approximate surface area is 93.4 Å². The molecule has 1 aromatic heterocycles. The van der Waals surface area contributed by atoms with Crippen molar-refractivity contribution in [2.24, 2.45) is 0 Å². The molecule has 0 bridgehead atoms. The van der Waals surface area contributed by atoms with Gasteiger partial charge in [0.05, 0.1) is 17.8 Å². The summed E-state index contributed by atoms with van der Waals surface area (Å²) in [5.74, 6) is 0. The molecule has 0 aliphatic carbocycles. The Morgan fingerprint density at radius 2 is 2.19 bits per heavy atom. The second-order valence-electron chi connectivity index (χ2n) is 3.77. The van der Waals surface area contributed by atoms with Crippen molar-refractivity contribution in [3.05, 3.63) is 30.0 Å². The average Bonchev–Trinajstić information content (AvgIpc) is 2.69. The van der Waals surface area contributed by atoms with Gasteiger partial charge in [-0.2, -0.15) is 5.10 Å². The normalized spacial score (nSPS) is 10.4. The fraction of sp³-hybridized carbons (Fsp3) is 0.273. The van der Waals surface area contributed by atoms with Crippen molar-refractivity contribution in [3.63, 3.8) is 0 Å². The molecule has 84 valence electrons. The first-order chi connectivity index (χ1) is 7.68. The summed E-state index contributed by atoms with van der Waals surface area (Å²) in [4.78, 5) is 12.9. The number of H-pyrrole nitrogens is 1. The van der Waals surface area contributed by atoms with Gasteiger partial charge in [0.15, 0.2) is 0 Å². The van der Waals surface area contributed by atoms with Gasteiger partial charge in [-0.15, -0.1) is 0 Å². The lowest BCUT2D eigenvalue weighted by atomic mass is 10.2. The van der Waals surface area contributed by atoms with Crippen LogP contribution >= 0.6 is 0 Å². The average molecular weight is 218 g/mol. The maximum absolute atomic E-state index is 11.4. The molecule has 5 heteroatoms. The van der Waals surface area contributed by atoms with Gasteiger partial charge in [0, 0.05) is 19.5 Å². The minimum atomic E-state index is -0.112. The molecule has 0 unspecified atom stereocenters. The van der Waals surface area contributed by atoms with E-state index < -0.39 is 0 Å². The summed E-state index contributed by atoms with van der Waals surface area (Å²) in [7, 11) is 3.42. The van der Waals surface area contributed by atoms with Crippen molar-refractivity contribution < 1.29 is 4.79 Å². The molecule has 1 heterocycles. The number of nitrogens with zero attached hydrogens (tertiary/aromatic N) is 2. The number of hydrogen-bond acceptors (Lipinski definition) is 2. The van der Waals surface area contributed by atoms with Crippen LogP contribution in [0.2, 0.25) is 0 Å². The highest BCUT2D eigenvalue weighted by Crippen LogP contribution is 2.14. The SMILES string of the molecule is CN(C)C(=O)NCc1[nH]nc2ccccc12. The molecule has 0 aliphatic rings. The van der Waals surface area contributed by atoms with Crippen LogP contribution in [0.4, 0.5) is 4.79 Å². The molecule has 0 saturated heterocycles. The molecular formula is C11H14N4O. The number of benzene rings is 1. The molecule has 1 aromatic carbocycles. The van der Waals surface area contributed by atoms with Gasteiger partial charge in [0.2, 0.25) is 0 Å². The summed E-state index contributed by atoms with van der Waals surface area (Å²) in [5, 5.41) is 10.9. The van der Waals surface area contributed by atoms with Crippen molar-refractivity contribution >= 4 is 16.9 Å². The van der Waals surface area contributed by atoms with Crippen LogP contribution in [0.1, 0.15) is 5.69 Å². The minimum Gasteiger partial charge on any atom is -0.332 e. The fourth-order valence-corrected chi connectivity index (χ4v) is 1.47. The van der Waals surface area contributed by atoms with Crippen molar-refractivity contribution in [1.82, 2.24) is 20.4 Å². The minimum absolute atomic E-state index is 0.112. The van der Waals surface area contributed by atoms with Crippen LogP contribution in [-0.2, 0) is 6.54 Å². The maximum Gasteiger partial charge on any atom is 0.317 e. The molecule has 0 aliphatic heterocycles. The predicted octanol–water partition coefficient (Wildman–Crippen LogP) is 1.33. The lowest BCUT2D eigenvalue weighted by molar-refractivity contribution is 0.217. The first kappa shape index (κ1) is 10.5. The molecule has 2 N–H and O–H groups in total. The Bertz CT molecular complexity index is 503. The summed E-state index contributed by atoms with van der Waals surface area (Å²) in [6, 6.07) is 7.69. The van der Waals surface area contributed by atoms with Gasteiger partial charge in [-0.1, -0.05) is 18.2 Å². The van der Waals surface area contributed by atoms with E-state index in [-0.39, 0.29) is 6.03 Å². The van der Waals surface area contributed by atoms with Crippen LogP contribution in [-0.4, -0.2) is 35.2 Å². The number of carbonyl (C=O) groups excluding carboxylic acids is 1. The first-order valence-electron chi connectivity index (χ1n) is 5.05. The lowest BCUT2D eigenvalue weighted by Gasteiger charge is -2.10. The number of amides is 2. The summed E-state index contributed by atoms with van der Waals surface area (Å²) in [6.07, 6.45) is 0. The van der Waals surface area contributed by atoms with E-state index >= 15 is 0 Å². The summed E-state index contributed by atoms with van der Waals surface area (Å²) in [5.41, 5.74) is 1.84. The Kier molecular flexibility index (Phi) is 2.76. The number of aromatic nitrogens is 2. The zero-order valence-corrected chi connectivity index (χ0v) is 9.32. The molecule has 0 radical (unpaired) electrons. The molecule has 2 aromatic rings. The summed E-state index contributed by atoms with van der Waals surface area (Å²) < 4.78 is 0. The van der Waals surface area contributed by atoms with E-state index in [1.165, 1.54) is 4.90 Å². The maximum atomic E-state index is 11.4. The van der Waals surface area contributed by atoms with E-state index in [9.17, 15) is 4.79 Å². The smallest absolute Gasteiger partial charge is 0.317 e. The second-order valence-corrected chi connectivity index (χ2v) is 3.77. The van der Waals surface area contributed by atoms with Gasteiger partial charge in [-0.3, -0.25) is 5.10 Å². The van der Waals surface area contributed by atoms with Crippen molar-refractivity contribution in [3.8, 4) is 0 Å². The third kappa shape index (κ3) is 1.98. The van der Waals surface area contributed by atoms with Gasteiger partial charge in [0.25, 0.3) is 0 Å². The van der Waals surface area contributed by atoms with Crippen LogP contribution in [0, 0.1) is 0 Å². The molecule has 2 rings (SSSR count). The highest BCUT2D eigenvalue weighted by molar-refractivity contribution is 5.81. The largest absolute Gasteiger partial charge is 0.332 e. The quantitative estimate of drug-likeness (QED) is 0.799. The number of rotatable bonds is 2. The lowest BCUT2D eigenvalue weighted by Crippen LogP contribution is -2.34. The predicted molar refractivity (Wildman–Crippen MR) is 62.0 cm³/mol. The molecule has 0 saturated carbocycles. The highest BCUT2D eigenvalue weighted by Gasteiger charge is 2.06. The molecule has 2 amide bonds. The van der Waals surface area contributed by atoms with Gasteiger partial charge in [-0.25, -0.2) is 4.79 Å². The number of fused-ring (bicyclic) bond motifs is 1. The number of hydrogen-bond donors (Lipinski definition) is 2. The second kappa shape index (κ2) is 4.22. The Balaban J connectivity index is 2.13. The van der Waals surface area contributed by atoms with E-state index in [1.54, 1.807) is 14.1 Å². The van der Waals surface area contributed by atoms with E-state index in [2.05, 4.69) is 15.5 Å². The Morgan fingerprint density at radius 3 is 2.94 bits per heavy atom. The monoisotopic (exact) mass is 218 g/mol. The number of nitrogens with one attached hydrogen (secondary N) is 2. The van der Waals surface area contributed by atoms with Crippen LogP contribution in [0.3, 0.4) is 0 Å². The van der Waals surface area contributed by atoms with E-state index in [1.807, 2.05) is 24.3 Å². The zero-order valence-electron chi connectivity index (χ0n) is 9.32. The van der Waals surface area contributed by atoms with E-state index in [0.717, 1.165) is 16.6 Å². The van der Waals surface area contributed by atoms with Crippen LogP contribution in [0.15, 0.2) is 24.3 Å². The standard InChI is InChI=1S/C11H14N4O/c1-15(2)11(16)12-7-10-8-5-3-4-6-9(8)13-14-10/h3-6H,7H2,1-2H3,(H,12,16)(H,13,14). The first-order valence-corrected chi connectivity index (χ1v) is 5.05. The van der Waals surface area contributed by atoms with Gasteiger partial charge < -0.3 is 10.2 Å². The molecule has 0 fully saturated rings. The van der Waals surface area contributed by atoms with Crippen molar-refractivity contribution in [1.29, 1.82) is 0 Å². The fourth-order valence-electron chi connectivity index (χ4n) is 1.47. The number of aromatic amines is 1. The van der Waals surface area contributed by atoms with Crippen molar-refractivity contribution in [2.75, 3.05) is 14.1 Å². The van der Waals surface area contributed by atoms with Crippen LogP contribution in [0.25, 0.3) is 10.9 Å². The van der Waals surface area contributed by atoms with Gasteiger partial charge in [-0.05, 0) is 6.07 Å². The van der Waals surface area contributed by atoms with Crippen LogP contribution in [0.5, 0.6) is 0 Å². The molecular weight excluding hydrogens is 204 g/mol. The van der Waals surface area contributed by atoms with Gasteiger partial charge >= 0.3 is 6.03 Å². The molecule has 0 atom stereocenters. The number of para-hydroxylation sites is 1. The molecule has 16 heavy (non-hydrogen) atoms. The van der Waals surface area contributed by atoms with E-state index in [4.69, 9.17) is 0 Å². The van der Waals surface area contributed by atoms with Gasteiger partial charge in [0.1, 0.15) is 0 Å². The Hall–Kier alpha value is -2.04. The van der Waals surface area contributed by atoms with Crippen molar-refractivity contribution in [2.45, 2.75) is 6.54 Å². The topological polar surface area (TPSA) is 61.0 Å². The Morgan fingerprint density at radius 1 is 1.44 bits per heavy atom. The third-order valence-electron chi connectivity index (χ3n) is 2.36. The zero-order chi connectivity index (χ0) is 11.5. The van der Waals surface area contributed by atoms with E-state index in [0.29, 0.717) is 6.54 Å². The van der Waals surface area contributed by atoms with Crippen LogP contribution < -0.4 is 5.32 Å². The number of urea groups is 1.